The zero-order valence-electron chi connectivity index (χ0n) is 13.0. The lowest BCUT2D eigenvalue weighted by Gasteiger charge is -2.28. The number of ether oxygens (including phenoxy) is 3. The highest BCUT2D eigenvalue weighted by atomic mass is 16.5. The fourth-order valence-corrected chi connectivity index (χ4v) is 2.71. The molecule has 5 heteroatoms. The fraction of sp³-hybridized carbons (Fsp3) is 0.933. The van der Waals surface area contributed by atoms with Crippen LogP contribution in [0.25, 0.3) is 0 Å². The maximum Gasteiger partial charge on any atom is 0.326 e. The molecule has 0 spiro atoms. The maximum absolute atomic E-state index is 12.0. The van der Waals surface area contributed by atoms with Gasteiger partial charge < -0.3 is 19.9 Å². The third-order valence-corrected chi connectivity index (χ3v) is 3.82. The Balaban J connectivity index is 2.26. The van der Waals surface area contributed by atoms with Gasteiger partial charge in [-0.1, -0.05) is 6.42 Å². The normalized spacial score (nSPS) is 26.1. The fourth-order valence-electron chi connectivity index (χ4n) is 2.71. The summed E-state index contributed by atoms with van der Waals surface area (Å²) in [5.41, 5.74) is 5.45. The highest BCUT2D eigenvalue weighted by Crippen LogP contribution is 2.36. The van der Waals surface area contributed by atoms with Crippen molar-refractivity contribution in [1.29, 1.82) is 0 Å². The third-order valence-electron chi connectivity index (χ3n) is 3.82. The summed E-state index contributed by atoms with van der Waals surface area (Å²) in [6.45, 7) is 8.00. The first kappa shape index (κ1) is 17.4. The predicted molar refractivity (Wildman–Crippen MR) is 77.4 cm³/mol. The Morgan fingerprint density at radius 1 is 1.35 bits per heavy atom. The van der Waals surface area contributed by atoms with Crippen LogP contribution in [-0.4, -0.2) is 44.0 Å². The van der Waals surface area contributed by atoms with E-state index >= 15 is 0 Å². The number of nitrogens with two attached hydrogens (primary N) is 1. The highest BCUT2D eigenvalue weighted by Gasteiger charge is 2.46. The monoisotopic (exact) mass is 287 g/mol. The van der Waals surface area contributed by atoms with Crippen LogP contribution in [0.15, 0.2) is 0 Å². The third kappa shape index (κ3) is 5.04. The molecule has 1 fully saturated rings. The highest BCUT2D eigenvalue weighted by molar-refractivity contribution is 5.81. The minimum Gasteiger partial charge on any atom is -0.465 e. The van der Waals surface area contributed by atoms with Gasteiger partial charge in [0.15, 0.2) is 0 Å². The second kappa shape index (κ2) is 8.60. The van der Waals surface area contributed by atoms with E-state index in [9.17, 15) is 4.79 Å². The van der Waals surface area contributed by atoms with Crippen molar-refractivity contribution in [3.63, 3.8) is 0 Å². The van der Waals surface area contributed by atoms with Gasteiger partial charge in [0.05, 0.1) is 25.9 Å². The Morgan fingerprint density at radius 3 is 2.75 bits per heavy atom. The number of carbonyl (C=O) groups is 1. The molecule has 20 heavy (non-hydrogen) atoms. The van der Waals surface area contributed by atoms with E-state index in [-0.39, 0.29) is 18.0 Å². The molecule has 0 bridgehead atoms. The van der Waals surface area contributed by atoms with Gasteiger partial charge >= 0.3 is 5.97 Å². The first-order chi connectivity index (χ1) is 9.50. The first-order valence-electron chi connectivity index (χ1n) is 7.66. The first-order valence-corrected chi connectivity index (χ1v) is 7.66. The maximum atomic E-state index is 12.0. The summed E-state index contributed by atoms with van der Waals surface area (Å²) < 4.78 is 16.1. The summed E-state index contributed by atoms with van der Waals surface area (Å²) in [5, 5.41) is 0. The summed E-state index contributed by atoms with van der Waals surface area (Å²) >= 11 is 0. The van der Waals surface area contributed by atoms with E-state index in [4.69, 9.17) is 19.9 Å². The minimum atomic E-state index is -0.812. The zero-order valence-corrected chi connectivity index (χ0v) is 13.0. The molecule has 118 valence electrons. The number of esters is 1. The quantitative estimate of drug-likeness (QED) is 0.518. The molecule has 0 heterocycles. The molecule has 1 aliphatic carbocycles. The van der Waals surface area contributed by atoms with Crippen molar-refractivity contribution in [3.05, 3.63) is 0 Å². The summed E-state index contributed by atoms with van der Waals surface area (Å²) in [6, 6.07) is 0. The van der Waals surface area contributed by atoms with E-state index in [0.717, 1.165) is 19.3 Å². The Morgan fingerprint density at radius 2 is 2.10 bits per heavy atom. The SMILES string of the molecule is CCOC(=O)C1(N)CCCC1CCOCCOC(C)C. The lowest BCUT2D eigenvalue weighted by molar-refractivity contribution is -0.151. The molecule has 0 saturated heterocycles. The molecule has 0 amide bonds. The van der Waals surface area contributed by atoms with Crippen LogP contribution in [0.1, 0.15) is 46.5 Å². The lowest BCUT2D eigenvalue weighted by atomic mass is 9.86. The topological polar surface area (TPSA) is 70.8 Å². The van der Waals surface area contributed by atoms with Crippen molar-refractivity contribution >= 4 is 5.97 Å². The van der Waals surface area contributed by atoms with Crippen molar-refractivity contribution in [1.82, 2.24) is 0 Å². The van der Waals surface area contributed by atoms with Crippen molar-refractivity contribution < 1.29 is 19.0 Å². The Bertz CT molecular complexity index is 296. The Hall–Kier alpha value is -0.650. The molecule has 0 aromatic carbocycles. The van der Waals surface area contributed by atoms with Gasteiger partial charge in [0, 0.05) is 6.61 Å². The minimum absolute atomic E-state index is 0.160. The second-order valence-corrected chi connectivity index (χ2v) is 5.67. The van der Waals surface area contributed by atoms with Gasteiger partial charge in [0.1, 0.15) is 5.54 Å². The standard InChI is InChI=1S/C15H29NO4/c1-4-19-14(17)15(16)8-5-6-13(15)7-9-18-10-11-20-12(2)3/h12-13H,4-11,16H2,1-3H3. The van der Waals surface area contributed by atoms with Crippen LogP contribution in [0.2, 0.25) is 0 Å². The van der Waals surface area contributed by atoms with Gasteiger partial charge in [-0.25, -0.2) is 0 Å². The molecule has 2 N–H and O–H groups in total. The molecule has 0 aromatic rings. The van der Waals surface area contributed by atoms with E-state index < -0.39 is 5.54 Å². The van der Waals surface area contributed by atoms with Gasteiger partial charge in [-0.15, -0.1) is 0 Å². The molecule has 5 nitrogen and oxygen atoms in total. The molecule has 1 aliphatic rings. The Labute approximate surface area is 122 Å². The van der Waals surface area contributed by atoms with Gasteiger partial charge in [0.25, 0.3) is 0 Å². The van der Waals surface area contributed by atoms with Crippen LogP contribution in [0.3, 0.4) is 0 Å². The van der Waals surface area contributed by atoms with E-state index in [2.05, 4.69) is 0 Å². The molecule has 2 atom stereocenters. The summed E-state index contributed by atoms with van der Waals surface area (Å²) in [5.74, 6) is -0.0989. The number of carbonyl (C=O) groups excluding carboxylic acids is 1. The molecule has 1 saturated carbocycles. The smallest absolute Gasteiger partial charge is 0.326 e. The van der Waals surface area contributed by atoms with Gasteiger partial charge in [-0.05, 0) is 46.0 Å². The molecular weight excluding hydrogens is 258 g/mol. The van der Waals surface area contributed by atoms with Crippen LogP contribution in [0.5, 0.6) is 0 Å². The van der Waals surface area contributed by atoms with Crippen LogP contribution in [0, 0.1) is 5.92 Å². The number of hydrogen-bond acceptors (Lipinski definition) is 5. The largest absolute Gasteiger partial charge is 0.465 e. The van der Waals surface area contributed by atoms with Crippen LogP contribution < -0.4 is 5.73 Å². The summed E-state index contributed by atoms with van der Waals surface area (Å²) in [4.78, 5) is 12.0. The van der Waals surface area contributed by atoms with Crippen molar-refractivity contribution in [2.24, 2.45) is 11.7 Å². The van der Waals surface area contributed by atoms with Crippen molar-refractivity contribution in [2.45, 2.75) is 58.1 Å². The summed E-state index contributed by atoms with van der Waals surface area (Å²) in [6.07, 6.45) is 3.70. The average molecular weight is 287 g/mol. The van der Waals surface area contributed by atoms with Crippen molar-refractivity contribution in [3.8, 4) is 0 Å². The van der Waals surface area contributed by atoms with Gasteiger partial charge in [0.2, 0.25) is 0 Å². The second-order valence-electron chi connectivity index (χ2n) is 5.67. The molecule has 1 rings (SSSR count). The van der Waals surface area contributed by atoms with E-state index in [0.29, 0.717) is 32.8 Å². The van der Waals surface area contributed by atoms with Crippen LogP contribution in [-0.2, 0) is 19.0 Å². The van der Waals surface area contributed by atoms with Crippen LogP contribution in [0.4, 0.5) is 0 Å². The lowest BCUT2D eigenvalue weighted by Crippen LogP contribution is -2.52. The molecular formula is C15H29NO4. The van der Waals surface area contributed by atoms with E-state index in [1.807, 2.05) is 20.8 Å². The van der Waals surface area contributed by atoms with Crippen LogP contribution >= 0.6 is 0 Å². The number of hydrogen-bond donors (Lipinski definition) is 1. The van der Waals surface area contributed by atoms with E-state index in [1.54, 1.807) is 0 Å². The van der Waals surface area contributed by atoms with Gasteiger partial charge in [-0.3, -0.25) is 4.79 Å². The molecule has 0 aliphatic heterocycles. The molecule has 2 unspecified atom stereocenters. The molecule has 0 radical (unpaired) electrons. The average Bonchev–Trinajstić information content (AvgIpc) is 2.76. The van der Waals surface area contributed by atoms with Gasteiger partial charge in [-0.2, -0.15) is 0 Å². The Kier molecular flexibility index (Phi) is 7.48. The van der Waals surface area contributed by atoms with Crippen molar-refractivity contribution in [2.75, 3.05) is 26.4 Å². The predicted octanol–water partition coefficient (Wildman–Crippen LogP) is 1.88. The summed E-state index contributed by atoms with van der Waals surface area (Å²) in [7, 11) is 0. The zero-order chi connectivity index (χ0) is 15.0. The number of rotatable bonds is 9. The van der Waals surface area contributed by atoms with E-state index in [1.165, 1.54) is 0 Å². The molecule has 0 aromatic heterocycles.